The molecule has 0 aliphatic carbocycles. The third kappa shape index (κ3) is 2.63. The Kier molecular flexibility index (Phi) is 3.85. The van der Waals surface area contributed by atoms with Crippen LogP contribution < -0.4 is 4.90 Å². The van der Waals surface area contributed by atoms with Gasteiger partial charge in [-0.2, -0.15) is 0 Å². The quantitative estimate of drug-likeness (QED) is 0.911. The molecule has 2 heterocycles. The molecular weight excluding hydrogens is 276 g/mol. The molecule has 0 bridgehead atoms. The minimum Gasteiger partial charge on any atom is -0.478 e. The van der Waals surface area contributed by atoms with Crippen LogP contribution in [-0.2, 0) is 0 Å². The SMILES string of the molecule is O=C(O)c1ccc(N2CCCN3CCCC3C2)cc1Cl. The summed E-state index contributed by atoms with van der Waals surface area (Å²) < 4.78 is 0. The van der Waals surface area contributed by atoms with Crippen LogP contribution in [0.15, 0.2) is 18.2 Å². The van der Waals surface area contributed by atoms with Crippen molar-refractivity contribution < 1.29 is 9.90 Å². The van der Waals surface area contributed by atoms with Crippen molar-refractivity contribution in [3.8, 4) is 0 Å². The molecule has 0 spiro atoms. The number of fused-ring (bicyclic) bond motifs is 1. The molecule has 0 saturated carbocycles. The van der Waals surface area contributed by atoms with E-state index in [1.54, 1.807) is 12.1 Å². The van der Waals surface area contributed by atoms with Gasteiger partial charge < -0.3 is 10.0 Å². The highest BCUT2D eigenvalue weighted by Gasteiger charge is 2.28. The summed E-state index contributed by atoms with van der Waals surface area (Å²) in [6.45, 7) is 4.41. The number of hydrogen-bond donors (Lipinski definition) is 1. The second-order valence-electron chi connectivity index (χ2n) is 5.60. The molecule has 3 rings (SSSR count). The van der Waals surface area contributed by atoms with Gasteiger partial charge in [0, 0.05) is 31.4 Å². The van der Waals surface area contributed by atoms with Crippen LogP contribution in [0.5, 0.6) is 0 Å². The smallest absolute Gasteiger partial charge is 0.337 e. The molecule has 5 heteroatoms. The molecule has 1 atom stereocenters. The third-order valence-electron chi connectivity index (χ3n) is 4.35. The van der Waals surface area contributed by atoms with E-state index in [-0.39, 0.29) is 5.56 Å². The molecule has 1 N–H and O–H groups in total. The fourth-order valence-corrected chi connectivity index (χ4v) is 3.57. The van der Waals surface area contributed by atoms with E-state index >= 15 is 0 Å². The molecule has 1 unspecified atom stereocenters. The molecule has 20 heavy (non-hydrogen) atoms. The van der Waals surface area contributed by atoms with E-state index < -0.39 is 5.97 Å². The summed E-state index contributed by atoms with van der Waals surface area (Å²) in [6, 6.07) is 5.91. The Balaban J connectivity index is 1.81. The summed E-state index contributed by atoms with van der Waals surface area (Å²) in [5, 5.41) is 9.35. The van der Waals surface area contributed by atoms with Crippen LogP contribution in [0.2, 0.25) is 5.02 Å². The fourth-order valence-electron chi connectivity index (χ4n) is 3.32. The number of benzene rings is 1. The van der Waals surface area contributed by atoms with E-state index in [1.807, 2.05) is 6.07 Å². The maximum atomic E-state index is 11.0. The molecule has 2 fully saturated rings. The van der Waals surface area contributed by atoms with Gasteiger partial charge in [0.25, 0.3) is 0 Å². The zero-order valence-electron chi connectivity index (χ0n) is 11.4. The van der Waals surface area contributed by atoms with Gasteiger partial charge in [-0.3, -0.25) is 4.90 Å². The van der Waals surface area contributed by atoms with Crippen LogP contribution in [0, 0.1) is 0 Å². The maximum Gasteiger partial charge on any atom is 0.337 e. The highest BCUT2D eigenvalue weighted by molar-refractivity contribution is 6.33. The Bertz CT molecular complexity index is 521. The van der Waals surface area contributed by atoms with E-state index in [1.165, 1.54) is 25.9 Å². The zero-order valence-corrected chi connectivity index (χ0v) is 12.1. The number of rotatable bonds is 2. The Hall–Kier alpha value is -1.26. The van der Waals surface area contributed by atoms with Crippen LogP contribution in [-0.4, -0.2) is 48.2 Å². The summed E-state index contributed by atoms with van der Waals surface area (Å²) in [4.78, 5) is 15.9. The number of nitrogens with zero attached hydrogens (tertiary/aromatic N) is 2. The van der Waals surface area contributed by atoms with Crippen LogP contribution in [0.25, 0.3) is 0 Å². The summed E-state index contributed by atoms with van der Waals surface area (Å²) in [5.41, 5.74) is 1.21. The molecule has 0 amide bonds. The normalized spacial score (nSPS) is 23.4. The van der Waals surface area contributed by atoms with Crippen molar-refractivity contribution in [2.24, 2.45) is 0 Å². The van der Waals surface area contributed by atoms with Gasteiger partial charge in [0.1, 0.15) is 0 Å². The molecule has 2 aliphatic rings. The van der Waals surface area contributed by atoms with Gasteiger partial charge in [-0.05, 0) is 44.0 Å². The first-order valence-electron chi connectivity index (χ1n) is 7.17. The van der Waals surface area contributed by atoms with E-state index in [2.05, 4.69) is 9.80 Å². The van der Waals surface area contributed by atoms with Gasteiger partial charge in [0.05, 0.1) is 10.6 Å². The van der Waals surface area contributed by atoms with Crippen LogP contribution in [0.3, 0.4) is 0 Å². The van der Waals surface area contributed by atoms with E-state index in [0.717, 1.165) is 25.2 Å². The molecule has 108 valence electrons. The number of carbonyl (C=O) groups is 1. The number of hydrogen-bond acceptors (Lipinski definition) is 3. The Morgan fingerprint density at radius 3 is 2.80 bits per heavy atom. The number of aromatic carboxylic acids is 1. The lowest BCUT2D eigenvalue weighted by atomic mass is 10.1. The average molecular weight is 295 g/mol. The predicted octanol–water partition coefficient (Wildman–Crippen LogP) is 2.71. The van der Waals surface area contributed by atoms with Crippen molar-refractivity contribution in [2.45, 2.75) is 25.3 Å². The van der Waals surface area contributed by atoms with Crippen LogP contribution in [0.1, 0.15) is 29.6 Å². The Morgan fingerprint density at radius 1 is 1.25 bits per heavy atom. The highest BCUT2D eigenvalue weighted by Crippen LogP contribution is 2.28. The predicted molar refractivity (Wildman–Crippen MR) is 79.8 cm³/mol. The number of carboxylic acids is 1. The van der Waals surface area contributed by atoms with Gasteiger partial charge in [-0.25, -0.2) is 4.79 Å². The second-order valence-corrected chi connectivity index (χ2v) is 6.01. The van der Waals surface area contributed by atoms with Crippen LogP contribution >= 0.6 is 11.6 Å². The van der Waals surface area contributed by atoms with Crippen molar-refractivity contribution in [2.75, 3.05) is 31.1 Å². The number of anilines is 1. The first-order valence-corrected chi connectivity index (χ1v) is 7.55. The van der Waals surface area contributed by atoms with Crippen molar-refractivity contribution in [3.05, 3.63) is 28.8 Å². The van der Waals surface area contributed by atoms with E-state index in [0.29, 0.717) is 11.1 Å². The van der Waals surface area contributed by atoms with E-state index in [4.69, 9.17) is 16.7 Å². The molecule has 2 aliphatic heterocycles. The lowest BCUT2D eigenvalue weighted by molar-refractivity contribution is 0.0697. The zero-order chi connectivity index (χ0) is 14.1. The van der Waals surface area contributed by atoms with Crippen molar-refractivity contribution in [1.29, 1.82) is 0 Å². The Morgan fingerprint density at radius 2 is 2.05 bits per heavy atom. The lowest BCUT2D eigenvalue weighted by Gasteiger charge is -2.27. The highest BCUT2D eigenvalue weighted by atomic mass is 35.5. The van der Waals surface area contributed by atoms with Gasteiger partial charge >= 0.3 is 5.97 Å². The Labute approximate surface area is 123 Å². The van der Waals surface area contributed by atoms with Crippen molar-refractivity contribution in [1.82, 2.24) is 4.90 Å². The molecule has 0 aromatic heterocycles. The molecule has 2 saturated heterocycles. The van der Waals surface area contributed by atoms with Crippen molar-refractivity contribution in [3.63, 3.8) is 0 Å². The van der Waals surface area contributed by atoms with Gasteiger partial charge in [0.2, 0.25) is 0 Å². The summed E-state index contributed by atoms with van der Waals surface area (Å²) >= 11 is 6.08. The van der Waals surface area contributed by atoms with Gasteiger partial charge in [0.15, 0.2) is 0 Å². The van der Waals surface area contributed by atoms with Gasteiger partial charge in [-0.15, -0.1) is 0 Å². The minimum absolute atomic E-state index is 0.174. The number of halogens is 1. The summed E-state index contributed by atoms with van der Waals surface area (Å²) in [5.74, 6) is -0.973. The molecule has 4 nitrogen and oxygen atoms in total. The van der Waals surface area contributed by atoms with E-state index in [9.17, 15) is 4.79 Å². The molecule has 0 radical (unpaired) electrons. The first kappa shape index (κ1) is 13.7. The third-order valence-corrected chi connectivity index (χ3v) is 4.66. The molecule has 1 aromatic rings. The minimum atomic E-state index is -0.973. The standard InChI is InChI=1S/C15H19ClN2O2/c16-14-9-11(4-5-13(14)15(19)20)18-8-2-7-17-6-1-3-12(17)10-18/h4-5,9,12H,1-3,6-8,10H2,(H,19,20). The van der Waals surface area contributed by atoms with Crippen molar-refractivity contribution >= 4 is 23.3 Å². The molecule has 1 aromatic carbocycles. The topological polar surface area (TPSA) is 43.8 Å². The summed E-state index contributed by atoms with van der Waals surface area (Å²) in [6.07, 6.45) is 3.70. The van der Waals surface area contributed by atoms with Gasteiger partial charge in [-0.1, -0.05) is 11.6 Å². The fraction of sp³-hybridized carbons (Fsp3) is 0.533. The number of carboxylic acid groups (broad SMARTS) is 1. The maximum absolute atomic E-state index is 11.0. The lowest BCUT2D eigenvalue weighted by Crippen LogP contribution is -2.36. The first-order chi connectivity index (χ1) is 9.65. The monoisotopic (exact) mass is 294 g/mol. The largest absolute Gasteiger partial charge is 0.478 e. The molecular formula is C15H19ClN2O2. The van der Waals surface area contributed by atoms with Crippen LogP contribution in [0.4, 0.5) is 5.69 Å². The average Bonchev–Trinajstić information content (AvgIpc) is 2.75. The second kappa shape index (κ2) is 5.62. The summed E-state index contributed by atoms with van der Waals surface area (Å²) in [7, 11) is 0.